The Bertz CT molecular complexity index is 946. The van der Waals surface area contributed by atoms with Crippen LogP contribution in [0.15, 0.2) is 72.8 Å². The van der Waals surface area contributed by atoms with Crippen LogP contribution in [0.5, 0.6) is 0 Å². The van der Waals surface area contributed by atoms with Gasteiger partial charge in [0.15, 0.2) is 5.78 Å². The molecule has 0 saturated carbocycles. The van der Waals surface area contributed by atoms with Gasteiger partial charge in [-0.2, -0.15) is 0 Å². The summed E-state index contributed by atoms with van der Waals surface area (Å²) in [6.45, 7) is 0. The number of carbonyl (C=O) groups is 1. The second-order valence-corrected chi connectivity index (χ2v) is 6.61. The first-order valence-electron chi connectivity index (χ1n) is 8.15. The fraction of sp³-hybridized carbons (Fsp3) is 0.0870. The third kappa shape index (κ3) is 2.56. The average Bonchev–Trinajstić information content (AvgIpc) is 2.66. The maximum Gasteiger partial charge on any atom is 0.193 e. The van der Waals surface area contributed by atoms with Crippen molar-refractivity contribution in [3.63, 3.8) is 0 Å². The number of hydrogen-bond acceptors (Lipinski definition) is 1. The lowest BCUT2D eigenvalue weighted by atomic mass is 9.70. The summed E-state index contributed by atoms with van der Waals surface area (Å²) < 4.78 is 0. The molecule has 0 N–H and O–H groups in total. The van der Waals surface area contributed by atoms with Gasteiger partial charge in [0.1, 0.15) is 0 Å². The Morgan fingerprint density at radius 2 is 1.36 bits per heavy atom. The van der Waals surface area contributed by atoms with Gasteiger partial charge in [0.2, 0.25) is 0 Å². The van der Waals surface area contributed by atoms with Crippen LogP contribution in [-0.2, 0) is 0 Å². The van der Waals surface area contributed by atoms with Crippen molar-refractivity contribution in [1.82, 2.24) is 0 Å². The molecule has 0 aromatic heterocycles. The van der Waals surface area contributed by atoms with E-state index in [1.54, 1.807) is 0 Å². The highest BCUT2D eigenvalue weighted by Gasteiger charge is 2.35. The Morgan fingerprint density at radius 1 is 0.840 bits per heavy atom. The summed E-state index contributed by atoms with van der Waals surface area (Å²) in [5, 5.41) is 0.680. The molecule has 0 bridgehead atoms. The van der Waals surface area contributed by atoms with Gasteiger partial charge in [-0.25, -0.2) is 0 Å². The Morgan fingerprint density at radius 3 is 1.88 bits per heavy atom. The minimum atomic E-state index is -0.173. The molecule has 1 unspecified atom stereocenters. The van der Waals surface area contributed by atoms with Crippen molar-refractivity contribution in [3.8, 4) is 12.3 Å². The molecule has 0 amide bonds. The summed E-state index contributed by atoms with van der Waals surface area (Å²) in [6, 6.07) is 23.1. The standard InChI is InChI=1S/C23H15ClO/c1-2-17(15-11-13-16(24)14-12-15)22-18-7-3-5-9-20(18)23(25)21-10-6-4-8-19(21)22/h1,3-14,17,22H. The number of halogens is 1. The van der Waals surface area contributed by atoms with Crippen LogP contribution >= 0.6 is 11.6 Å². The minimum Gasteiger partial charge on any atom is -0.289 e. The molecule has 1 aliphatic rings. The Kier molecular flexibility index (Phi) is 3.92. The van der Waals surface area contributed by atoms with Crippen LogP contribution in [0.4, 0.5) is 0 Å². The van der Waals surface area contributed by atoms with E-state index in [1.165, 1.54) is 0 Å². The molecule has 0 radical (unpaired) electrons. The quantitative estimate of drug-likeness (QED) is 0.567. The van der Waals surface area contributed by atoms with E-state index in [0.717, 1.165) is 27.8 Å². The first kappa shape index (κ1) is 15.7. The van der Waals surface area contributed by atoms with Gasteiger partial charge in [-0.3, -0.25) is 4.79 Å². The summed E-state index contributed by atoms with van der Waals surface area (Å²) in [5.74, 6) is 2.78. The summed E-state index contributed by atoms with van der Waals surface area (Å²) in [5.41, 5.74) is 4.48. The van der Waals surface area contributed by atoms with Crippen molar-refractivity contribution in [2.45, 2.75) is 11.8 Å². The van der Waals surface area contributed by atoms with Gasteiger partial charge >= 0.3 is 0 Å². The monoisotopic (exact) mass is 342 g/mol. The zero-order chi connectivity index (χ0) is 17.4. The number of ketones is 1. The van der Waals surface area contributed by atoms with E-state index in [9.17, 15) is 4.79 Å². The second-order valence-electron chi connectivity index (χ2n) is 6.18. The normalized spacial score (nSPS) is 14.3. The highest BCUT2D eigenvalue weighted by Crippen LogP contribution is 2.44. The van der Waals surface area contributed by atoms with Crippen LogP contribution in [0, 0.1) is 12.3 Å². The lowest BCUT2D eigenvalue weighted by Crippen LogP contribution is -2.23. The number of benzene rings is 3. The van der Waals surface area contributed by atoms with Crippen molar-refractivity contribution < 1.29 is 4.79 Å². The summed E-state index contributed by atoms with van der Waals surface area (Å²) >= 11 is 6.03. The summed E-state index contributed by atoms with van der Waals surface area (Å²) in [6.07, 6.45) is 5.95. The highest BCUT2D eigenvalue weighted by molar-refractivity contribution is 6.30. The fourth-order valence-corrected chi connectivity index (χ4v) is 3.80. The molecule has 2 heteroatoms. The second kappa shape index (κ2) is 6.24. The Labute approximate surface area is 152 Å². The molecule has 3 aromatic rings. The molecule has 0 fully saturated rings. The zero-order valence-electron chi connectivity index (χ0n) is 13.4. The van der Waals surface area contributed by atoms with Gasteiger partial charge in [-0.05, 0) is 28.8 Å². The fourth-order valence-electron chi connectivity index (χ4n) is 3.68. The number of fused-ring (bicyclic) bond motifs is 2. The van der Waals surface area contributed by atoms with E-state index < -0.39 is 0 Å². The number of hydrogen-bond donors (Lipinski definition) is 0. The summed E-state index contributed by atoms with van der Waals surface area (Å²) in [7, 11) is 0. The van der Waals surface area contributed by atoms with Crippen molar-refractivity contribution >= 4 is 17.4 Å². The Balaban J connectivity index is 1.95. The number of carbonyl (C=O) groups excluding carboxylic acids is 1. The van der Waals surface area contributed by atoms with Crippen molar-refractivity contribution in [2.24, 2.45) is 0 Å². The Hall–Kier alpha value is -2.82. The molecule has 1 nitrogen and oxygen atoms in total. The maximum absolute atomic E-state index is 12.9. The largest absolute Gasteiger partial charge is 0.289 e. The van der Waals surface area contributed by atoms with Gasteiger partial charge in [-0.1, -0.05) is 78.2 Å². The number of rotatable bonds is 2. The first-order valence-corrected chi connectivity index (χ1v) is 8.52. The molecular weight excluding hydrogens is 328 g/mol. The van der Waals surface area contributed by atoms with Gasteiger partial charge in [0, 0.05) is 22.1 Å². The average molecular weight is 343 g/mol. The van der Waals surface area contributed by atoms with Crippen molar-refractivity contribution in [1.29, 1.82) is 0 Å². The molecule has 4 rings (SSSR count). The minimum absolute atomic E-state index is 0.0590. The van der Waals surface area contributed by atoms with Crippen LogP contribution in [0.1, 0.15) is 44.4 Å². The lowest BCUT2D eigenvalue weighted by molar-refractivity contribution is 0.103. The molecule has 0 heterocycles. The van der Waals surface area contributed by atoms with E-state index in [4.69, 9.17) is 18.0 Å². The zero-order valence-corrected chi connectivity index (χ0v) is 14.2. The maximum atomic E-state index is 12.9. The molecule has 1 aliphatic carbocycles. The van der Waals surface area contributed by atoms with E-state index in [0.29, 0.717) is 5.02 Å². The smallest absolute Gasteiger partial charge is 0.193 e. The van der Waals surface area contributed by atoms with Crippen LogP contribution in [-0.4, -0.2) is 5.78 Å². The van der Waals surface area contributed by atoms with E-state index in [-0.39, 0.29) is 17.6 Å². The van der Waals surface area contributed by atoms with Crippen LogP contribution in [0.3, 0.4) is 0 Å². The molecule has 1 atom stereocenters. The molecule has 0 saturated heterocycles. The van der Waals surface area contributed by atoms with Crippen molar-refractivity contribution in [3.05, 3.63) is 106 Å². The molecular formula is C23H15ClO. The first-order chi connectivity index (χ1) is 12.2. The molecule has 25 heavy (non-hydrogen) atoms. The topological polar surface area (TPSA) is 17.1 Å². The van der Waals surface area contributed by atoms with Gasteiger partial charge < -0.3 is 0 Å². The van der Waals surface area contributed by atoms with E-state index in [1.807, 2.05) is 72.8 Å². The van der Waals surface area contributed by atoms with Crippen LogP contribution < -0.4 is 0 Å². The van der Waals surface area contributed by atoms with E-state index >= 15 is 0 Å². The van der Waals surface area contributed by atoms with Gasteiger partial charge in [0.25, 0.3) is 0 Å². The van der Waals surface area contributed by atoms with Crippen LogP contribution in [0.25, 0.3) is 0 Å². The molecule has 120 valence electrons. The predicted molar refractivity (Wildman–Crippen MR) is 101 cm³/mol. The highest BCUT2D eigenvalue weighted by atomic mass is 35.5. The third-order valence-corrected chi connectivity index (χ3v) is 5.07. The lowest BCUT2D eigenvalue weighted by Gasteiger charge is -2.31. The van der Waals surface area contributed by atoms with Gasteiger partial charge in [-0.15, -0.1) is 6.42 Å². The van der Waals surface area contributed by atoms with E-state index in [2.05, 4.69) is 5.92 Å². The predicted octanol–water partition coefficient (Wildman–Crippen LogP) is 5.43. The number of terminal acetylenes is 1. The molecule has 3 aromatic carbocycles. The summed E-state index contributed by atoms with van der Waals surface area (Å²) in [4.78, 5) is 12.9. The SMILES string of the molecule is C#CC(c1ccc(Cl)cc1)C1c2ccccc2C(=O)c2ccccc21. The van der Waals surface area contributed by atoms with Gasteiger partial charge in [0.05, 0.1) is 5.92 Å². The van der Waals surface area contributed by atoms with Crippen LogP contribution in [0.2, 0.25) is 5.02 Å². The van der Waals surface area contributed by atoms with Crippen molar-refractivity contribution in [2.75, 3.05) is 0 Å². The molecule has 0 spiro atoms. The third-order valence-electron chi connectivity index (χ3n) is 4.82. The molecule has 0 aliphatic heterocycles.